The molecule has 4 aromatic heterocycles. The number of nitrogens with one attached hydrogen (secondary N) is 1. The van der Waals surface area contributed by atoms with E-state index in [4.69, 9.17) is 14.0 Å². The Balaban J connectivity index is 1.25. The van der Waals surface area contributed by atoms with E-state index in [0.717, 1.165) is 22.9 Å². The van der Waals surface area contributed by atoms with Gasteiger partial charge < -0.3 is 14.4 Å². The van der Waals surface area contributed by atoms with Gasteiger partial charge in [-0.1, -0.05) is 38.0 Å². The predicted octanol–water partition coefficient (Wildman–Crippen LogP) is 4.34. The quantitative estimate of drug-likeness (QED) is 0.385. The summed E-state index contributed by atoms with van der Waals surface area (Å²) in [7, 11) is 0. The van der Waals surface area contributed by atoms with Gasteiger partial charge in [-0.15, -0.1) is 0 Å². The van der Waals surface area contributed by atoms with Crippen molar-refractivity contribution in [1.29, 1.82) is 0 Å². The zero-order chi connectivity index (χ0) is 24.6. The number of carbonyl (C=O) groups is 1. The summed E-state index contributed by atoms with van der Waals surface area (Å²) < 4.78 is 10.4. The molecule has 11 nitrogen and oxygen atoms in total. The van der Waals surface area contributed by atoms with Gasteiger partial charge in [-0.2, -0.15) is 0 Å². The van der Waals surface area contributed by atoms with Crippen LogP contribution >= 0.6 is 0 Å². The second kappa shape index (κ2) is 8.82. The number of nitrogens with zero attached hydrogens (tertiary/aromatic N) is 7. The van der Waals surface area contributed by atoms with Gasteiger partial charge in [0.25, 0.3) is 0 Å². The maximum atomic E-state index is 12.9. The van der Waals surface area contributed by atoms with Gasteiger partial charge in [0.05, 0.1) is 17.6 Å². The smallest absolute Gasteiger partial charge is 0.182 e. The molecule has 11 heteroatoms. The fraction of sp³-hybridized carbons (Fsp3) is 0.333. The molecule has 1 aliphatic rings. The lowest BCUT2D eigenvalue weighted by Crippen LogP contribution is -2.16. The minimum absolute atomic E-state index is 0.141. The van der Waals surface area contributed by atoms with Gasteiger partial charge in [-0.3, -0.25) is 4.79 Å². The number of anilines is 2. The molecule has 1 aliphatic heterocycles. The molecule has 0 saturated heterocycles. The molecule has 35 heavy (non-hydrogen) atoms. The fourth-order valence-electron chi connectivity index (χ4n) is 3.61. The van der Waals surface area contributed by atoms with Crippen LogP contribution in [-0.4, -0.2) is 41.7 Å². The summed E-state index contributed by atoms with van der Waals surface area (Å²) in [6.07, 6.45) is 5.28. The maximum Gasteiger partial charge on any atom is 0.182 e. The van der Waals surface area contributed by atoms with Crippen molar-refractivity contribution in [3.8, 4) is 0 Å². The maximum absolute atomic E-state index is 12.9. The third-order valence-corrected chi connectivity index (χ3v) is 5.55. The molecule has 1 atom stereocenters. The van der Waals surface area contributed by atoms with Gasteiger partial charge in [0.15, 0.2) is 11.6 Å². The predicted molar refractivity (Wildman–Crippen MR) is 126 cm³/mol. The van der Waals surface area contributed by atoms with Crippen LogP contribution in [-0.2, 0) is 11.8 Å². The van der Waals surface area contributed by atoms with E-state index >= 15 is 0 Å². The van der Waals surface area contributed by atoms with E-state index < -0.39 is 0 Å². The number of aliphatic imine (C=N–C) groups is 1. The molecule has 0 aliphatic carbocycles. The third-order valence-electron chi connectivity index (χ3n) is 5.55. The zero-order valence-electron chi connectivity index (χ0n) is 19.8. The zero-order valence-corrected chi connectivity index (χ0v) is 19.8. The largest absolute Gasteiger partial charge is 0.363 e. The Morgan fingerprint density at radius 1 is 1.14 bits per heavy atom. The highest BCUT2D eigenvalue weighted by molar-refractivity contribution is 6.04. The molecule has 0 unspecified atom stereocenters. The second-order valence-electron chi connectivity index (χ2n) is 9.45. The lowest BCUT2D eigenvalue weighted by molar-refractivity contribution is 0.0966. The minimum Gasteiger partial charge on any atom is -0.363 e. The average molecular weight is 473 g/mol. The van der Waals surface area contributed by atoms with E-state index in [2.05, 4.69) is 56.3 Å². The first kappa shape index (κ1) is 22.5. The van der Waals surface area contributed by atoms with Crippen molar-refractivity contribution in [2.24, 2.45) is 4.99 Å². The van der Waals surface area contributed by atoms with E-state index in [9.17, 15) is 4.79 Å². The Hall–Kier alpha value is -4.28. The van der Waals surface area contributed by atoms with Crippen LogP contribution < -0.4 is 5.32 Å². The highest BCUT2D eigenvalue weighted by Gasteiger charge is 2.26. The number of rotatable bonds is 7. The Labute approximate surface area is 201 Å². The van der Waals surface area contributed by atoms with Crippen molar-refractivity contribution in [2.75, 3.05) is 5.32 Å². The average Bonchev–Trinajstić information content (AvgIpc) is 3.58. The molecule has 1 N–H and O–H groups in total. The number of aromatic nitrogens is 6. The molecule has 0 amide bonds. The van der Waals surface area contributed by atoms with Crippen molar-refractivity contribution >= 4 is 28.8 Å². The summed E-state index contributed by atoms with van der Waals surface area (Å²) in [5.41, 5.74) is 3.19. The molecule has 0 aromatic carbocycles. The fourth-order valence-corrected chi connectivity index (χ4v) is 3.61. The van der Waals surface area contributed by atoms with Crippen LogP contribution in [0.15, 0.2) is 51.0 Å². The van der Waals surface area contributed by atoms with Crippen LogP contribution in [0.3, 0.4) is 0 Å². The van der Waals surface area contributed by atoms with Crippen molar-refractivity contribution < 1.29 is 13.8 Å². The number of hydrogen-bond acceptors (Lipinski definition) is 11. The highest BCUT2D eigenvalue weighted by atomic mass is 16.5. The van der Waals surface area contributed by atoms with Gasteiger partial charge in [-0.25, -0.2) is 24.9 Å². The van der Waals surface area contributed by atoms with E-state index in [-0.39, 0.29) is 23.5 Å². The molecule has 0 bridgehead atoms. The van der Waals surface area contributed by atoms with Crippen LogP contribution in [0.2, 0.25) is 0 Å². The second-order valence-corrected chi connectivity index (χ2v) is 9.45. The normalized spacial score (nSPS) is 13.9. The SMILES string of the molecule is C[C@@H](CC(=O)c1cc(Nc2ccon2)ncn1)c1cc(C2=Nc3cnc(C(C)(C)C)nc3C2)no1. The molecule has 5 rings (SSSR count). The van der Waals surface area contributed by atoms with E-state index in [1.165, 1.54) is 12.6 Å². The molecular formula is C24H24N8O3. The van der Waals surface area contributed by atoms with Gasteiger partial charge in [-0.05, 0) is 0 Å². The topological polar surface area (TPSA) is 145 Å². The standard InChI is InChI=1S/C24H24N8O3/c1-13(7-19(33)17-10-22(27-12-26-17)30-21-5-6-34-32-21)20-9-16(31-35-20)14-8-15-18(28-14)11-25-23(29-15)24(2,3)4/h5-6,9-13H,7-8H2,1-4H3,(H,26,27,30,32)/t13-/m0/s1. The highest BCUT2D eigenvalue weighted by Crippen LogP contribution is 2.30. The molecule has 0 saturated carbocycles. The Kier molecular flexibility index (Phi) is 5.67. The van der Waals surface area contributed by atoms with Gasteiger partial charge >= 0.3 is 0 Å². The Morgan fingerprint density at radius 3 is 2.77 bits per heavy atom. The van der Waals surface area contributed by atoms with Gasteiger partial charge in [0.1, 0.15) is 47.1 Å². The molecule has 178 valence electrons. The number of Topliss-reactive ketones (excluding diaryl/α,β-unsaturated/α-hetero) is 1. The number of hydrogen-bond donors (Lipinski definition) is 1. The molecule has 5 heterocycles. The summed E-state index contributed by atoms with van der Waals surface area (Å²) in [5.74, 6) is 1.97. The third kappa shape index (κ3) is 4.84. The number of ketones is 1. The minimum atomic E-state index is -0.206. The van der Waals surface area contributed by atoms with Crippen molar-refractivity contribution in [3.63, 3.8) is 0 Å². The Morgan fingerprint density at radius 2 is 2.00 bits per heavy atom. The van der Waals surface area contributed by atoms with Crippen molar-refractivity contribution in [2.45, 2.75) is 51.9 Å². The first-order valence-electron chi connectivity index (χ1n) is 11.2. The summed E-state index contributed by atoms with van der Waals surface area (Å²) in [6.45, 7) is 8.14. The van der Waals surface area contributed by atoms with Crippen LogP contribution in [0.5, 0.6) is 0 Å². The molecular weight excluding hydrogens is 448 g/mol. The van der Waals surface area contributed by atoms with Crippen molar-refractivity contribution in [3.05, 3.63) is 65.7 Å². The molecule has 0 fully saturated rings. The summed E-state index contributed by atoms with van der Waals surface area (Å²) in [6, 6.07) is 5.06. The van der Waals surface area contributed by atoms with E-state index in [0.29, 0.717) is 35.2 Å². The molecule has 0 spiro atoms. The van der Waals surface area contributed by atoms with Crippen LogP contribution in [0.25, 0.3) is 0 Å². The van der Waals surface area contributed by atoms with Gasteiger partial charge in [0, 0.05) is 42.4 Å². The summed E-state index contributed by atoms with van der Waals surface area (Å²) in [4.78, 5) is 34.8. The molecule has 4 aromatic rings. The lowest BCUT2D eigenvalue weighted by atomic mass is 9.95. The monoisotopic (exact) mass is 472 g/mol. The van der Waals surface area contributed by atoms with Crippen LogP contribution in [0.4, 0.5) is 17.3 Å². The summed E-state index contributed by atoms with van der Waals surface area (Å²) >= 11 is 0. The summed E-state index contributed by atoms with van der Waals surface area (Å²) in [5, 5.41) is 10.9. The van der Waals surface area contributed by atoms with Crippen LogP contribution in [0, 0.1) is 0 Å². The van der Waals surface area contributed by atoms with Gasteiger partial charge in [0.2, 0.25) is 0 Å². The first-order chi connectivity index (χ1) is 16.8. The lowest BCUT2D eigenvalue weighted by Gasteiger charge is -2.16. The Bertz CT molecular complexity index is 1400. The van der Waals surface area contributed by atoms with E-state index in [1.807, 2.05) is 13.0 Å². The molecule has 0 radical (unpaired) electrons. The van der Waals surface area contributed by atoms with Crippen molar-refractivity contribution in [1.82, 2.24) is 30.2 Å². The van der Waals surface area contributed by atoms with Crippen LogP contribution in [0.1, 0.15) is 73.5 Å². The number of fused-ring (bicyclic) bond motifs is 1. The number of carbonyl (C=O) groups excluding carboxylic acids is 1. The first-order valence-corrected chi connectivity index (χ1v) is 11.2. The van der Waals surface area contributed by atoms with E-state index in [1.54, 1.807) is 18.3 Å².